The van der Waals surface area contributed by atoms with Gasteiger partial charge in [0.2, 0.25) is 0 Å². The highest BCUT2D eigenvalue weighted by Crippen LogP contribution is 2.25. The Bertz CT molecular complexity index is 539. The van der Waals surface area contributed by atoms with Crippen LogP contribution < -0.4 is 5.32 Å². The van der Waals surface area contributed by atoms with Crippen LogP contribution in [0.15, 0.2) is 12.3 Å². The summed E-state index contributed by atoms with van der Waals surface area (Å²) in [5, 5.41) is 12.6. The lowest BCUT2D eigenvalue weighted by atomic mass is 9.86. The van der Waals surface area contributed by atoms with Crippen LogP contribution in [0.5, 0.6) is 0 Å². The van der Waals surface area contributed by atoms with Crippen molar-refractivity contribution in [3.8, 4) is 0 Å². The van der Waals surface area contributed by atoms with E-state index in [-0.39, 0.29) is 23.9 Å². The van der Waals surface area contributed by atoms with E-state index in [0.29, 0.717) is 23.6 Å². The molecule has 1 heterocycles. The van der Waals surface area contributed by atoms with Crippen LogP contribution in [0.2, 0.25) is 5.02 Å². The summed E-state index contributed by atoms with van der Waals surface area (Å²) in [5.41, 5.74) is 0.521. The Balaban J connectivity index is 2.06. The van der Waals surface area contributed by atoms with Crippen LogP contribution >= 0.6 is 11.6 Å². The quantitative estimate of drug-likeness (QED) is 0.897. The Hall–Kier alpha value is -1.49. The summed E-state index contributed by atoms with van der Waals surface area (Å²) in [6.45, 7) is 3.96. The second-order valence-electron chi connectivity index (χ2n) is 5.92. The molecule has 1 aliphatic carbocycles. The molecular weight excluding hydrogens is 292 g/mol. The van der Waals surface area contributed by atoms with E-state index in [2.05, 4.69) is 5.32 Å². The van der Waals surface area contributed by atoms with Crippen molar-refractivity contribution in [1.29, 1.82) is 0 Å². The van der Waals surface area contributed by atoms with Crippen LogP contribution in [0.3, 0.4) is 0 Å². The first-order chi connectivity index (χ1) is 9.88. The van der Waals surface area contributed by atoms with Gasteiger partial charge < -0.3 is 15.0 Å². The van der Waals surface area contributed by atoms with Crippen molar-refractivity contribution in [2.24, 2.45) is 5.92 Å². The van der Waals surface area contributed by atoms with E-state index in [1.807, 2.05) is 18.4 Å². The first-order valence-corrected chi connectivity index (χ1v) is 7.67. The van der Waals surface area contributed by atoms with Gasteiger partial charge in [-0.2, -0.15) is 0 Å². The molecule has 2 N–H and O–H groups in total. The van der Waals surface area contributed by atoms with Gasteiger partial charge in [-0.1, -0.05) is 18.0 Å². The summed E-state index contributed by atoms with van der Waals surface area (Å²) >= 11 is 5.98. The molecule has 1 saturated carbocycles. The third kappa shape index (κ3) is 3.79. The van der Waals surface area contributed by atoms with Crippen molar-refractivity contribution in [2.45, 2.75) is 51.6 Å². The number of carboxylic acids is 1. The fourth-order valence-corrected chi connectivity index (χ4v) is 3.07. The van der Waals surface area contributed by atoms with Crippen molar-refractivity contribution in [3.05, 3.63) is 23.0 Å². The number of carboxylic acid groups (broad SMARTS) is 1. The number of rotatable bonds is 4. The van der Waals surface area contributed by atoms with Gasteiger partial charge in [-0.3, -0.25) is 9.59 Å². The summed E-state index contributed by atoms with van der Waals surface area (Å²) < 4.78 is 1.83. The summed E-state index contributed by atoms with van der Waals surface area (Å²) in [5.74, 6) is -1.32. The van der Waals surface area contributed by atoms with E-state index < -0.39 is 5.97 Å². The second kappa shape index (κ2) is 6.52. The maximum absolute atomic E-state index is 12.4. The molecule has 0 aliphatic heterocycles. The van der Waals surface area contributed by atoms with Crippen LogP contribution in [0.1, 0.15) is 56.1 Å². The van der Waals surface area contributed by atoms with E-state index in [1.165, 1.54) is 0 Å². The molecule has 21 heavy (non-hydrogen) atoms. The van der Waals surface area contributed by atoms with Crippen molar-refractivity contribution in [2.75, 3.05) is 0 Å². The maximum atomic E-state index is 12.4. The highest BCUT2D eigenvalue weighted by atomic mass is 35.5. The number of nitrogens with zero attached hydrogens (tertiary/aromatic N) is 1. The fourth-order valence-electron chi connectivity index (χ4n) is 2.86. The van der Waals surface area contributed by atoms with E-state index >= 15 is 0 Å². The Morgan fingerprint density at radius 3 is 2.76 bits per heavy atom. The predicted octanol–water partition coefficient (Wildman–Crippen LogP) is 3.10. The average molecular weight is 313 g/mol. The van der Waals surface area contributed by atoms with Crippen LogP contribution in [-0.2, 0) is 4.79 Å². The van der Waals surface area contributed by atoms with Gasteiger partial charge in [0, 0.05) is 18.3 Å². The molecule has 0 spiro atoms. The Labute approximate surface area is 129 Å². The first kappa shape index (κ1) is 15.9. The van der Waals surface area contributed by atoms with Crippen molar-refractivity contribution < 1.29 is 14.7 Å². The molecule has 6 heteroatoms. The predicted molar refractivity (Wildman–Crippen MR) is 80.7 cm³/mol. The minimum absolute atomic E-state index is 0.0818. The number of hydrogen-bond donors (Lipinski definition) is 2. The normalized spacial score (nSPS) is 22.3. The van der Waals surface area contributed by atoms with E-state index in [4.69, 9.17) is 16.7 Å². The highest BCUT2D eigenvalue weighted by molar-refractivity contribution is 6.31. The molecular formula is C15H21ClN2O3. The van der Waals surface area contributed by atoms with Gasteiger partial charge >= 0.3 is 5.97 Å². The van der Waals surface area contributed by atoms with E-state index in [1.54, 1.807) is 12.3 Å². The first-order valence-electron chi connectivity index (χ1n) is 7.29. The molecule has 0 aromatic carbocycles. The lowest BCUT2D eigenvalue weighted by Crippen LogP contribution is -2.40. The number of nitrogens with one attached hydrogen (secondary N) is 1. The molecule has 2 unspecified atom stereocenters. The summed E-state index contributed by atoms with van der Waals surface area (Å²) in [6.07, 6.45) is 4.58. The van der Waals surface area contributed by atoms with Gasteiger partial charge in [0.05, 0.1) is 10.9 Å². The zero-order valence-corrected chi connectivity index (χ0v) is 13.1. The SMILES string of the molecule is CC(C)n1cc(Cl)cc1C(=O)NC1CCCC(C(=O)O)C1. The number of amides is 1. The van der Waals surface area contributed by atoms with Crippen LogP contribution in [0.4, 0.5) is 0 Å². The highest BCUT2D eigenvalue weighted by Gasteiger charge is 2.28. The summed E-state index contributed by atoms with van der Waals surface area (Å²) in [7, 11) is 0. The van der Waals surface area contributed by atoms with Crippen molar-refractivity contribution in [1.82, 2.24) is 9.88 Å². The van der Waals surface area contributed by atoms with Crippen LogP contribution in [0, 0.1) is 5.92 Å². The van der Waals surface area contributed by atoms with Gasteiger partial charge in [-0.15, -0.1) is 0 Å². The molecule has 1 amide bonds. The lowest BCUT2D eigenvalue weighted by molar-refractivity contribution is -0.143. The van der Waals surface area contributed by atoms with E-state index in [0.717, 1.165) is 12.8 Å². The van der Waals surface area contributed by atoms with Crippen LogP contribution in [-0.4, -0.2) is 27.6 Å². The number of aliphatic carboxylic acids is 1. The van der Waals surface area contributed by atoms with Gasteiger partial charge in [0.1, 0.15) is 5.69 Å². The lowest BCUT2D eigenvalue weighted by Gasteiger charge is -2.27. The van der Waals surface area contributed by atoms with Gasteiger partial charge in [0.25, 0.3) is 5.91 Å². The molecule has 1 aliphatic rings. The van der Waals surface area contributed by atoms with Gasteiger partial charge in [0.15, 0.2) is 0 Å². The minimum atomic E-state index is -0.775. The largest absolute Gasteiger partial charge is 0.481 e. The number of carbonyl (C=O) groups is 2. The van der Waals surface area contributed by atoms with Gasteiger partial charge in [-0.05, 0) is 39.2 Å². The monoisotopic (exact) mass is 312 g/mol. The molecule has 2 rings (SSSR count). The third-order valence-electron chi connectivity index (χ3n) is 3.96. The minimum Gasteiger partial charge on any atom is -0.481 e. The van der Waals surface area contributed by atoms with Crippen molar-refractivity contribution in [3.63, 3.8) is 0 Å². The molecule has 1 fully saturated rings. The third-order valence-corrected chi connectivity index (χ3v) is 4.17. The average Bonchev–Trinajstić information content (AvgIpc) is 2.81. The molecule has 5 nitrogen and oxygen atoms in total. The number of hydrogen-bond acceptors (Lipinski definition) is 2. The number of carbonyl (C=O) groups excluding carboxylic acids is 1. The topological polar surface area (TPSA) is 71.3 Å². The number of halogens is 1. The maximum Gasteiger partial charge on any atom is 0.306 e. The Morgan fingerprint density at radius 1 is 1.43 bits per heavy atom. The molecule has 0 bridgehead atoms. The van der Waals surface area contributed by atoms with E-state index in [9.17, 15) is 9.59 Å². The molecule has 116 valence electrons. The molecule has 1 aromatic heterocycles. The summed E-state index contributed by atoms with van der Waals surface area (Å²) in [4.78, 5) is 23.5. The smallest absolute Gasteiger partial charge is 0.306 e. The molecule has 0 radical (unpaired) electrons. The molecule has 2 atom stereocenters. The zero-order valence-electron chi connectivity index (χ0n) is 12.3. The summed E-state index contributed by atoms with van der Waals surface area (Å²) in [6, 6.07) is 1.70. The Kier molecular flexibility index (Phi) is 4.93. The second-order valence-corrected chi connectivity index (χ2v) is 6.35. The molecule has 0 saturated heterocycles. The number of aromatic nitrogens is 1. The molecule has 1 aromatic rings. The standard InChI is InChI=1S/C15H21ClN2O3/c1-9(2)18-8-11(16)7-13(18)14(19)17-12-5-3-4-10(6-12)15(20)21/h7-10,12H,3-6H2,1-2H3,(H,17,19)(H,20,21). The van der Waals surface area contributed by atoms with Gasteiger partial charge in [-0.25, -0.2) is 0 Å². The zero-order chi connectivity index (χ0) is 15.6. The van der Waals surface area contributed by atoms with Crippen molar-refractivity contribution >= 4 is 23.5 Å². The Morgan fingerprint density at radius 2 is 2.14 bits per heavy atom. The van der Waals surface area contributed by atoms with Crippen LogP contribution in [0.25, 0.3) is 0 Å². The fraction of sp³-hybridized carbons (Fsp3) is 0.600.